The maximum atomic E-state index is 11.4. The first-order valence-corrected chi connectivity index (χ1v) is 5.09. The third-order valence-electron chi connectivity index (χ3n) is 2.45. The fourth-order valence-electron chi connectivity index (χ4n) is 1.31. The second-order valence-corrected chi connectivity index (χ2v) is 3.37. The van der Waals surface area contributed by atoms with Gasteiger partial charge in [-0.25, -0.2) is 0 Å². The summed E-state index contributed by atoms with van der Waals surface area (Å²) < 4.78 is 4.98. The molecule has 3 heteroatoms. The van der Waals surface area contributed by atoms with Gasteiger partial charge in [0.2, 0.25) is 0 Å². The van der Waals surface area contributed by atoms with E-state index in [1.54, 1.807) is 12.1 Å². The molecule has 0 saturated carbocycles. The Morgan fingerprint density at radius 2 is 2.21 bits per heavy atom. The molecule has 0 fully saturated rings. The molecule has 78 valence electrons. The Morgan fingerprint density at radius 1 is 1.50 bits per heavy atom. The van der Waals surface area contributed by atoms with Crippen LogP contribution < -0.4 is 5.32 Å². The molecule has 0 radical (unpaired) electrons. The van der Waals surface area contributed by atoms with Crippen molar-refractivity contribution in [2.75, 3.05) is 6.54 Å². The molecule has 1 heterocycles. The Hall–Kier alpha value is -1.25. The summed E-state index contributed by atoms with van der Waals surface area (Å²) in [7, 11) is 0. The summed E-state index contributed by atoms with van der Waals surface area (Å²) in [6, 6.07) is 3.38. The predicted octanol–water partition coefficient (Wildman–Crippen LogP) is 2.45. The van der Waals surface area contributed by atoms with Gasteiger partial charge in [-0.15, -0.1) is 0 Å². The standard InChI is InChI=1S/C11H17NO2/c1-3-9(4-2)8-12-11(13)10-6-5-7-14-10/h5-7,9H,3-4,8H2,1-2H3,(H,12,13). The van der Waals surface area contributed by atoms with Crippen LogP contribution in [-0.4, -0.2) is 12.5 Å². The zero-order chi connectivity index (χ0) is 10.4. The average molecular weight is 195 g/mol. The lowest BCUT2D eigenvalue weighted by molar-refractivity contribution is 0.0918. The van der Waals surface area contributed by atoms with Crippen LogP contribution in [0, 0.1) is 5.92 Å². The van der Waals surface area contributed by atoms with Crippen molar-refractivity contribution >= 4 is 5.91 Å². The highest BCUT2D eigenvalue weighted by Crippen LogP contribution is 2.06. The van der Waals surface area contributed by atoms with Crippen molar-refractivity contribution in [3.63, 3.8) is 0 Å². The summed E-state index contributed by atoms with van der Waals surface area (Å²) in [5.74, 6) is 0.826. The van der Waals surface area contributed by atoms with Crippen molar-refractivity contribution in [1.29, 1.82) is 0 Å². The Morgan fingerprint density at radius 3 is 2.71 bits per heavy atom. The van der Waals surface area contributed by atoms with E-state index in [4.69, 9.17) is 4.42 Å². The normalized spacial score (nSPS) is 10.5. The summed E-state index contributed by atoms with van der Waals surface area (Å²) >= 11 is 0. The van der Waals surface area contributed by atoms with Gasteiger partial charge in [0.25, 0.3) is 5.91 Å². The van der Waals surface area contributed by atoms with Crippen LogP contribution in [0.3, 0.4) is 0 Å². The van der Waals surface area contributed by atoms with Gasteiger partial charge in [-0.05, 0) is 18.1 Å². The minimum absolute atomic E-state index is 0.123. The Labute approximate surface area is 84.5 Å². The van der Waals surface area contributed by atoms with Crippen molar-refractivity contribution in [2.45, 2.75) is 26.7 Å². The van der Waals surface area contributed by atoms with Crippen LogP contribution in [0.1, 0.15) is 37.2 Å². The Kier molecular flexibility index (Phi) is 4.23. The van der Waals surface area contributed by atoms with E-state index in [0.717, 1.165) is 19.4 Å². The summed E-state index contributed by atoms with van der Waals surface area (Å²) in [6.45, 7) is 4.99. The van der Waals surface area contributed by atoms with Crippen molar-refractivity contribution in [3.8, 4) is 0 Å². The molecule has 0 atom stereocenters. The van der Waals surface area contributed by atoms with Gasteiger partial charge in [-0.2, -0.15) is 0 Å². The van der Waals surface area contributed by atoms with E-state index in [9.17, 15) is 4.79 Å². The molecule has 1 N–H and O–H groups in total. The maximum Gasteiger partial charge on any atom is 0.286 e. The van der Waals surface area contributed by atoms with Gasteiger partial charge >= 0.3 is 0 Å². The van der Waals surface area contributed by atoms with Gasteiger partial charge in [-0.3, -0.25) is 4.79 Å². The average Bonchev–Trinajstić information content (AvgIpc) is 2.72. The topological polar surface area (TPSA) is 42.2 Å². The lowest BCUT2D eigenvalue weighted by atomic mass is 10.0. The summed E-state index contributed by atoms with van der Waals surface area (Å²) in [5.41, 5.74) is 0. The van der Waals surface area contributed by atoms with E-state index in [2.05, 4.69) is 19.2 Å². The first-order valence-electron chi connectivity index (χ1n) is 5.09. The number of rotatable bonds is 5. The van der Waals surface area contributed by atoms with E-state index in [0.29, 0.717) is 11.7 Å². The number of furan rings is 1. The molecule has 0 spiro atoms. The van der Waals surface area contributed by atoms with Crippen molar-refractivity contribution < 1.29 is 9.21 Å². The van der Waals surface area contributed by atoms with Crippen LogP contribution in [0.5, 0.6) is 0 Å². The molecular weight excluding hydrogens is 178 g/mol. The summed E-state index contributed by atoms with van der Waals surface area (Å²) in [5, 5.41) is 2.85. The van der Waals surface area contributed by atoms with Gasteiger partial charge in [0.1, 0.15) is 0 Å². The molecular formula is C11H17NO2. The second kappa shape index (κ2) is 5.47. The minimum atomic E-state index is -0.123. The lowest BCUT2D eigenvalue weighted by Crippen LogP contribution is -2.28. The summed E-state index contributed by atoms with van der Waals surface area (Å²) in [6.07, 6.45) is 3.69. The SMILES string of the molecule is CCC(CC)CNC(=O)c1ccco1. The summed E-state index contributed by atoms with van der Waals surface area (Å²) in [4.78, 5) is 11.4. The van der Waals surface area contributed by atoms with Gasteiger partial charge in [0, 0.05) is 6.54 Å². The highest BCUT2D eigenvalue weighted by Gasteiger charge is 2.09. The number of carbonyl (C=O) groups excluding carboxylic acids is 1. The van der Waals surface area contributed by atoms with Gasteiger partial charge in [0.05, 0.1) is 6.26 Å². The monoisotopic (exact) mass is 195 g/mol. The van der Waals surface area contributed by atoms with Crippen molar-refractivity contribution in [3.05, 3.63) is 24.2 Å². The highest BCUT2D eigenvalue weighted by molar-refractivity contribution is 5.91. The van der Waals surface area contributed by atoms with Crippen LogP contribution in [0.2, 0.25) is 0 Å². The number of nitrogens with one attached hydrogen (secondary N) is 1. The predicted molar refractivity (Wildman–Crippen MR) is 55.1 cm³/mol. The van der Waals surface area contributed by atoms with Crippen LogP contribution in [0.25, 0.3) is 0 Å². The van der Waals surface area contributed by atoms with Crippen LogP contribution in [-0.2, 0) is 0 Å². The molecule has 1 rings (SSSR count). The Bertz CT molecular complexity index is 263. The Balaban J connectivity index is 2.35. The first kappa shape index (κ1) is 10.8. The molecule has 0 aliphatic heterocycles. The third-order valence-corrected chi connectivity index (χ3v) is 2.45. The maximum absolute atomic E-state index is 11.4. The molecule has 1 amide bonds. The van der Waals surface area contributed by atoms with E-state index < -0.39 is 0 Å². The molecule has 3 nitrogen and oxygen atoms in total. The lowest BCUT2D eigenvalue weighted by Gasteiger charge is -2.12. The number of hydrogen-bond acceptors (Lipinski definition) is 2. The molecule has 0 bridgehead atoms. The van der Waals surface area contributed by atoms with Gasteiger partial charge in [0.15, 0.2) is 5.76 Å². The molecule has 14 heavy (non-hydrogen) atoms. The number of amides is 1. The van der Waals surface area contributed by atoms with Crippen LogP contribution >= 0.6 is 0 Å². The quantitative estimate of drug-likeness (QED) is 0.784. The highest BCUT2D eigenvalue weighted by atomic mass is 16.3. The van der Waals surface area contributed by atoms with E-state index in [-0.39, 0.29) is 5.91 Å². The van der Waals surface area contributed by atoms with Crippen LogP contribution in [0.4, 0.5) is 0 Å². The first-order chi connectivity index (χ1) is 6.77. The van der Waals surface area contributed by atoms with E-state index in [1.165, 1.54) is 6.26 Å². The van der Waals surface area contributed by atoms with E-state index >= 15 is 0 Å². The van der Waals surface area contributed by atoms with E-state index in [1.807, 2.05) is 0 Å². The molecule has 0 aliphatic carbocycles. The van der Waals surface area contributed by atoms with Gasteiger partial charge in [-0.1, -0.05) is 26.7 Å². The molecule has 0 aliphatic rings. The molecule has 0 aromatic carbocycles. The third kappa shape index (κ3) is 2.91. The fraction of sp³-hybridized carbons (Fsp3) is 0.545. The van der Waals surface area contributed by atoms with Gasteiger partial charge < -0.3 is 9.73 Å². The van der Waals surface area contributed by atoms with Crippen molar-refractivity contribution in [2.24, 2.45) is 5.92 Å². The molecule has 1 aromatic heterocycles. The largest absolute Gasteiger partial charge is 0.459 e. The zero-order valence-corrected chi connectivity index (χ0v) is 8.75. The number of carbonyl (C=O) groups is 1. The van der Waals surface area contributed by atoms with Crippen molar-refractivity contribution in [1.82, 2.24) is 5.32 Å². The molecule has 0 unspecified atom stereocenters. The zero-order valence-electron chi connectivity index (χ0n) is 8.75. The minimum Gasteiger partial charge on any atom is -0.459 e. The smallest absolute Gasteiger partial charge is 0.286 e. The molecule has 0 saturated heterocycles. The molecule has 1 aromatic rings. The second-order valence-electron chi connectivity index (χ2n) is 3.37. The fourth-order valence-corrected chi connectivity index (χ4v) is 1.31. The van der Waals surface area contributed by atoms with Crippen LogP contribution in [0.15, 0.2) is 22.8 Å². The number of hydrogen-bond donors (Lipinski definition) is 1.